The monoisotopic (exact) mass is 788 g/mol. The molecular weight excluding hydrogens is 757 g/mol. The van der Waals surface area contributed by atoms with Gasteiger partial charge in [0, 0.05) is 62.2 Å². The number of aryl methyl sites for hydroxylation is 2. The predicted octanol–water partition coefficient (Wildman–Crippen LogP) is 14.5. The van der Waals surface area contributed by atoms with Gasteiger partial charge in [0.1, 0.15) is 0 Å². The molecule has 0 unspecified atom stereocenters. The quantitative estimate of drug-likeness (QED) is 0.174. The smallest absolute Gasteiger partial charge is 0.238 e. The summed E-state index contributed by atoms with van der Waals surface area (Å²) in [5.41, 5.74) is 11.8. The van der Waals surface area contributed by atoms with Gasteiger partial charge >= 0.3 is 0 Å². The molecule has 0 saturated heterocycles. The highest BCUT2D eigenvalue weighted by Gasteiger charge is 2.27. The minimum absolute atomic E-state index is 0.617. The summed E-state index contributed by atoms with van der Waals surface area (Å²) in [5, 5.41) is 7.81. The molecule has 4 nitrogen and oxygen atoms in total. The van der Waals surface area contributed by atoms with Crippen LogP contribution in [0.4, 0.5) is 0 Å². The number of benzene rings is 8. The summed E-state index contributed by atoms with van der Waals surface area (Å²) < 4.78 is 7.59. The number of nitrogens with zero attached hydrogens (tertiary/aromatic N) is 4. The number of hydrogen-bond acceptors (Lipinski definition) is 5. The molecular formula is C53H32N4S2. The van der Waals surface area contributed by atoms with Crippen molar-refractivity contribution in [1.82, 2.24) is 19.5 Å². The van der Waals surface area contributed by atoms with E-state index in [0.29, 0.717) is 17.6 Å². The van der Waals surface area contributed by atoms with Crippen molar-refractivity contribution in [1.29, 1.82) is 0 Å². The fraction of sp³-hybridized carbons (Fsp3) is 0.0377. The van der Waals surface area contributed by atoms with Crippen molar-refractivity contribution < 1.29 is 0 Å². The van der Waals surface area contributed by atoms with Gasteiger partial charge in [-0.05, 0) is 70.5 Å². The maximum Gasteiger partial charge on any atom is 0.238 e. The van der Waals surface area contributed by atoms with E-state index < -0.39 is 0 Å². The lowest BCUT2D eigenvalue weighted by atomic mass is 9.87. The molecule has 1 aliphatic rings. The summed E-state index contributed by atoms with van der Waals surface area (Å²) in [6.07, 6.45) is 1.91. The van der Waals surface area contributed by atoms with E-state index in [1.165, 1.54) is 84.5 Å². The Kier molecular flexibility index (Phi) is 7.14. The van der Waals surface area contributed by atoms with Crippen LogP contribution in [0.3, 0.4) is 0 Å². The first-order valence-corrected chi connectivity index (χ1v) is 21.7. The zero-order chi connectivity index (χ0) is 38.6. The fourth-order valence-electron chi connectivity index (χ4n) is 9.47. The summed E-state index contributed by atoms with van der Waals surface area (Å²) in [6.45, 7) is 0. The van der Waals surface area contributed by atoms with E-state index >= 15 is 0 Å². The van der Waals surface area contributed by atoms with Gasteiger partial charge in [-0.3, -0.25) is 4.57 Å². The molecule has 4 heterocycles. The average molecular weight is 789 g/mol. The van der Waals surface area contributed by atoms with Crippen LogP contribution in [0.5, 0.6) is 0 Å². The van der Waals surface area contributed by atoms with E-state index in [4.69, 9.17) is 15.0 Å². The molecule has 0 bridgehead atoms. The Labute approximate surface area is 347 Å². The van der Waals surface area contributed by atoms with E-state index in [-0.39, 0.29) is 0 Å². The van der Waals surface area contributed by atoms with Crippen LogP contribution >= 0.6 is 22.7 Å². The summed E-state index contributed by atoms with van der Waals surface area (Å²) in [5.74, 6) is 1.92. The van der Waals surface area contributed by atoms with Crippen LogP contribution in [-0.2, 0) is 12.8 Å². The van der Waals surface area contributed by atoms with E-state index in [2.05, 4.69) is 138 Å². The number of thiophene rings is 2. The Balaban J connectivity index is 1.14. The van der Waals surface area contributed by atoms with Gasteiger partial charge in [-0.1, -0.05) is 146 Å². The highest BCUT2D eigenvalue weighted by atomic mass is 32.1. The second-order valence-corrected chi connectivity index (χ2v) is 17.6. The summed E-state index contributed by atoms with van der Waals surface area (Å²) in [6, 6.07) is 61.4. The number of aromatic nitrogens is 4. The molecule has 59 heavy (non-hydrogen) atoms. The second-order valence-electron chi connectivity index (χ2n) is 15.5. The zero-order valence-electron chi connectivity index (χ0n) is 31.7. The summed E-state index contributed by atoms with van der Waals surface area (Å²) in [4.78, 5) is 15.8. The molecule has 0 aliphatic heterocycles. The van der Waals surface area contributed by atoms with Crippen molar-refractivity contribution in [3.05, 3.63) is 181 Å². The molecule has 6 heteroatoms. The summed E-state index contributed by atoms with van der Waals surface area (Å²) >= 11 is 3.76. The van der Waals surface area contributed by atoms with Crippen LogP contribution < -0.4 is 0 Å². The minimum atomic E-state index is 0.617. The standard InChI is InChI=1S/C53H32N4S2/c1-3-13-31(14-4-1)51-54-52(32-15-5-2-6-16-32)56-53(55-51)57-43-29-35(37-19-11-21-41-39-17-7-9-23-45(39)58-49(37)41)27-33-25-26-34-28-36(30-44(57)48(34)47(33)43)38-20-12-22-42-40-18-8-10-24-46(40)59-50(38)42/h1-24,27-30H,25-26H2. The van der Waals surface area contributed by atoms with Crippen LogP contribution in [-0.4, -0.2) is 19.5 Å². The van der Waals surface area contributed by atoms with Gasteiger partial charge in [0.25, 0.3) is 0 Å². The highest BCUT2D eigenvalue weighted by Crippen LogP contribution is 2.47. The van der Waals surface area contributed by atoms with Crippen LogP contribution in [0.1, 0.15) is 11.1 Å². The van der Waals surface area contributed by atoms with Crippen LogP contribution in [0, 0.1) is 0 Å². The maximum absolute atomic E-state index is 5.36. The van der Waals surface area contributed by atoms with Gasteiger partial charge < -0.3 is 0 Å². The third kappa shape index (κ3) is 5.03. The lowest BCUT2D eigenvalue weighted by Crippen LogP contribution is -2.06. The molecule has 0 saturated carbocycles. The lowest BCUT2D eigenvalue weighted by Gasteiger charge is -2.16. The van der Waals surface area contributed by atoms with Crippen molar-refractivity contribution in [2.75, 3.05) is 0 Å². The first kappa shape index (κ1) is 33.0. The Hall–Kier alpha value is -6.99. The van der Waals surface area contributed by atoms with Gasteiger partial charge in [-0.15, -0.1) is 22.7 Å². The third-order valence-electron chi connectivity index (χ3n) is 12.1. The van der Waals surface area contributed by atoms with Crippen LogP contribution in [0.25, 0.3) is 113 Å². The molecule has 0 atom stereocenters. The summed E-state index contributed by atoms with van der Waals surface area (Å²) in [7, 11) is 0. The van der Waals surface area contributed by atoms with E-state index in [9.17, 15) is 0 Å². The van der Waals surface area contributed by atoms with Gasteiger partial charge in [0.05, 0.1) is 11.0 Å². The number of rotatable bonds is 5. The first-order valence-electron chi connectivity index (χ1n) is 20.1. The van der Waals surface area contributed by atoms with Crippen LogP contribution in [0.15, 0.2) is 170 Å². The molecule has 8 aromatic carbocycles. The molecule has 0 N–H and O–H groups in total. The van der Waals surface area contributed by atoms with E-state index in [0.717, 1.165) is 35.0 Å². The molecule has 0 amide bonds. The van der Waals surface area contributed by atoms with E-state index in [1.807, 2.05) is 59.1 Å². The van der Waals surface area contributed by atoms with Crippen LogP contribution in [0.2, 0.25) is 0 Å². The van der Waals surface area contributed by atoms with Gasteiger partial charge in [-0.25, -0.2) is 4.98 Å². The molecule has 0 radical (unpaired) electrons. The average Bonchev–Trinajstić information content (AvgIpc) is 3.98. The largest absolute Gasteiger partial charge is 0.278 e. The maximum atomic E-state index is 5.36. The lowest BCUT2D eigenvalue weighted by molar-refractivity contribution is 0.953. The number of hydrogen-bond donors (Lipinski definition) is 0. The van der Waals surface area contributed by atoms with Crippen molar-refractivity contribution >= 4 is 84.8 Å². The zero-order valence-corrected chi connectivity index (χ0v) is 33.3. The Morgan fingerprint density at radius 3 is 1.32 bits per heavy atom. The van der Waals surface area contributed by atoms with E-state index in [1.54, 1.807) is 0 Å². The van der Waals surface area contributed by atoms with Gasteiger partial charge in [0.15, 0.2) is 11.6 Å². The molecule has 0 spiro atoms. The van der Waals surface area contributed by atoms with Crippen molar-refractivity contribution in [3.63, 3.8) is 0 Å². The SMILES string of the molecule is c1ccc(-c2nc(-c3ccccc3)nc(-n3c4cc(-c5cccc6c5sc5ccccc56)cc5c4c4c(cc(-c6cccc7c6sc6ccccc67)cc43)CC5)n2)cc1. The van der Waals surface area contributed by atoms with Gasteiger partial charge in [0.2, 0.25) is 5.95 Å². The fourth-order valence-corrected chi connectivity index (χ4v) is 11.9. The third-order valence-corrected chi connectivity index (χ3v) is 14.6. The topological polar surface area (TPSA) is 43.6 Å². The van der Waals surface area contributed by atoms with Crippen molar-refractivity contribution in [3.8, 4) is 51.0 Å². The molecule has 13 rings (SSSR count). The molecule has 0 fully saturated rings. The Morgan fingerprint density at radius 1 is 0.390 bits per heavy atom. The van der Waals surface area contributed by atoms with Crippen molar-refractivity contribution in [2.45, 2.75) is 12.8 Å². The van der Waals surface area contributed by atoms with Gasteiger partial charge in [-0.2, -0.15) is 9.97 Å². The molecule has 1 aliphatic carbocycles. The predicted molar refractivity (Wildman–Crippen MR) is 249 cm³/mol. The van der Waals surface area contributed by atoms with Crippen molar-refractivity contribution in [2.24, 2.45) is 0 Å². The normalized spacial score (nSPS) is 12.6. The minimum Gasteiger partial charge on any atom is -0.278 e. The molecule has 276 valence electrons. The first-order chi connectivity index (χ1) is 29.2. The molecule has 4 aromatic heterocycles. The highest BCUT2D eigenvalue weighted by molar-refractivity contribution is 7.26. The molecule has 12 aromatic rings. The second kappa shape index (κ2) is 12.8. The Morgan fingerprint density at radius 2 is 0.831 bits per heavy atom. The Bertz CT molecular complexity index is 3440. The number of fused-ring (bicyclic) bond motifs is 6.